The third-order valence-electron chi connectivity index (χ3n) is 1.72. The fourth-order valence-corrected chi connectivity index (χ4v) is 1.13. The second-order valence-corrected chi connectivity index (χ2v) is 3.19. The van der Waals surface area contributed by atoms with Gasteiger partial charge in [-0.2, -0.15) is 5.10 Å². The predicted octanol–water partition coefficient (Wildman–Crippen LogP) is 2.86. The summed E-state index contributed by atoms with van der Waals surface area (Å²) in [4.78, 5) is 0. The molecule has 1 aromatic rings. The van der Waals surface area contributed by atoms with Gasteiger partial charge in [-0.1, -0.05) is 31.4 Å². The Hall–Kier alpha value is -0.630. The fraction of sp³-hybridized carbons (Fsp3) is 0.556. The second kappa shape index (κ2) is 5.09. The first-order valence-corrected chi connectivity index (χ1v) is 4.69. The van der Waals surface area contributed by atoms with Gasteiger partial charge in [0.15, 0.2) is 5.15 Å². The molecular weight excluding hydrogens is 172 g/mol. The zero-order valence-electron chi connectivity index (χ0n) is 7.26. The standard InChI is InChI=1S/C9H13ClN2/c1-2-3-4-5-8-6-7-9(10)12-11-8/h6-7H,2-5H2,1H3. The van der Waals surface area contributed by atoms with Gasteiger partial charge in [0.1, 0.15) is 0 Å². The summed E-state index contributed by atoms with van der Waals surface area (Å²) in [5.41, 5.74) is 1.04. The van der Waals surface area contributed by atoms with Crippen molar-refractivity contribution < 1.29 is 0 Å². The first-order valence-electron chi connectivity index (χ1n) is 4.31. The molecule has 0 spiro atoms. The molecule has 0 amide bonds. The molecule has 0 bridgehead atoms. The molecule has 2 nitrogen and oxygen atoms in total. The van der Waals surface area contributed by atoms with Crippen LogP contribution in [-0.2, 0) is 6.42 Å². The summed E-state index contributed by atoms with van der Waals surface area (Å²) in [6, 6.07) is 3.72. The highest BCUT2D eigenvalue weighted by Gasteiger charge is 1.94. The molecule has 0 aliphatic rings. The Kier molecular flexibility index (Phi) is 4.01. The van der Waals surface area contributed by atoms with Gasteiger partial charge in [0.25, 0.3) is 0 Å². The maximum absolute atomic E-state index is 5.60. The van der Waals surface area contributed by atoms with Crippen molar-refractivity contribution in [1.29, 1.82) is 0 Å². The van der Waals surface area contributed by atoms with Crippen LogP contribution in [0.4, 0.5) is 0 Å². The molecule has 0 N–H and O–H groups in total. The Labute approximate surface area is 78.0 Å². The topological polar surface area (TPSA) is 25.8 Å². The molecule has 3 heteroatoms. The minimum atomic E-state index is 0.467. The van der Waals surface area contributed by atoms with Gasteiger partial charge >= 0.3 is 0 Å². The van der Waals surface area contributed by atoms with E-state index >= 15 is 0 Å². The minimum Gasteiger partial charge on any atom is -0.154 e. The van der Waals surface area contributed by atoms with Crippen molar-refractivity contribution in [1.82, 2.24) is 10.2 Å². The van der Waals surface area contributed by atoms with Gasteiger partial charge in [-0.15, -0.1) is 5.10 Å². The summed E-state index contributed by atoms with van der Waals surface area (Å²) in [5.74, 6) is 0. The van der Waals surface area contributed by atoms with E-state index in [1.54, 1.807) is 6.07 Å². The van der Waals surface area contributed by atoms with E-state index in [9.17, 15) is 0 Å². The van der Waals surface area contributed by atoms with Crippen LogP contribution >= 0.6 is 11.6 Å². The lowest BCUT2D eigenvalue weighted by Crippen LogP contribution is -1.92. The zero-order valence-corrected chi connectivity index (χ0v) is 8.01. The summed E-state index contributed by atoms with van der Waals surface area (Å²) in [7, 11) is 0. The molecule has 66 valence electrons. The molecule has 0 fully saturated rings. The number of halogens is 1. The third-order valence-corrected chi connectivity index (χ3v) is 1.93. The summed E-state index contributed by atoms with van der Waals surface area (Å²) in [5, 5.41) is 8.21. The van der Waals surface area contributed by atoms with Gasteiger partial charge in [-0.25, -0.2) is 0 Å². The largest absolute Gasteiger partial charge is 0.154 e. The molecular formula is C9H13ClN2. The van der Waals surface area contributed by atoms with Gasteiger partial charge in [0, 0.05) is 0 Å². The third kappa shape index (κ3) is 3.18. The Bertz CT molecular complexity index is 220. The van der Waals surface area contributed by atoms with Crippen LogP contribution in [0.15, 0.2) is 12.1 Å². The van der Waals surface area contributed by atoms with E-state index in [2.05, 4.69) is 17.1 Å². The molecule has 0 atom stereocenters. The molecule has 1 aromatic heterocycles. The summed E-state index contributed by atoms with van der Waals surface area (Å²) in [6.07, 6.45) is 4.69. The van der Waals surface area contributed by atoms with E-state index in [0.717, 1.165) is 12.1 Å². The molecule has 0 radical (unpaired) electrons. The fourth-order valence-electron chi connectivity index (χ4n) is 1.03. The van der Waals surface area contributed by atoms with Gasteiger partial charge in [-0.3, -0.25) is 0 Å². The van der Waals surface area contributed by atoms with Crippen molar-refractivity contribution in [3.05, 3.63) is 23.0 Å². The van der Waals surface area contributed by atoms with Crippen molar-refractivity contribution in [3.8, 4) is 0 Å². The number of aromatic nitrogens is 2. The average Bonchev–Trinajstić information content (AvgIpc) is 2.09. The number of rotatable bonds is 4. The highest BCUT2D eigenvalue weighted by molar-refractivity contribution is 6.29. The minimum absolute atomic E-state index is 0.467. The van der Waals surface area contributed by atoms with Crippen LogP contribution in [0.3, 0.4) is 0 Å². The van der Waals surface area contributed by atoms with Crippen LogP contribution in [0, 0.1) is 0 Å². The molecule has 12 heavy (non-hydrogen) atoms. The van der Waals surface area contributed by atoms with Gasteiger partial charge < -0.3 is 0 Å². The first-order chi connectivity index (χ1) is 5.83. The van der Waals surface area contributed by atoms with Crippen LogP contribution in [0.2, 0.25) is 5.15 Å². The quantitative estimate of drug-likeness (QED) is 0.673. The van der Waals surface area contributed by atoms with E-state index in [1.165, 1.54) is 19.3 Å². The maximum Gasteiger partial charge on any atom is 0.151 e. The number of aryl methyl sites for hydroxylation is 1. The summed E-state index contributed by atoms with van der Waals surface area (Å²) in [6.45, 7) is 2.19. The highest BCUT2D eigenvalue weighted by Crippen LogP contribution is 2.05. The number of nitrogens with zero attached hydrogens (tertiary/aromatic N) is 2. The van der Waals surface area contributed by atoms with E-state index in [4.69, 9.17) is 11.6 Å². The molecule has 0 unspecified atom stereocenters. The molecule has 1 heterocycles. The Morgan fingerprint density at radius 3 is 2.67 bits per heavy atom. The summed E-state index contributed by atoms with van der Waals surface area (Å²) < 4.78 is 0. The van der Waals surface area contributed by atoms with Crippen LogP contribution < -0.4 is 0 Å². The highest BCUT2D eigenvalue weighted by atomic mass is 35.5. The Morgan fingerprint density at radius 2 is 2.08 bits per heavy atom. The van der Waals surface area contributed by atoms with Crippen LogP contribution in [0.5, 0.6) is 0 Å². The van der Waals surface area contributed by atoms with E-state index in [-0.39, 0.29) is 0 Å². The van der Waals surface area contributed by atoms with Crippen LogP contribution in [-0.4, -0.2) is 10.2 Å². The second-order valence-electron chi connectivity index (χ2n) is 2.80. The van der Waals surface area contributed by atoms with Crippen molar-refractivity contribution in [2.24, 2.45) is 0 Å². The molecule has 0 aliphatic heterocycles. The number of hydrogen-bond donors (Lipinski definition) is 0. The normalized spacial score (nSPS) is 10.2. The number of hydrogen-bond acceptors (Lipinski definition) is 2. The Morgan fingerprint density at radius 1 is 1.25 bits per heavy atom. The lowest BCUT2D eigenvalue weighted by molar-refractivity contribution is 0.699. The average molecular weight is 185 g/mol. The van der Waals surface area contributed by atoms with E-state index in [0.29, 0.717) is 5.15 Å². The van der Waals surface area contributed by atoms with Crippen LogP contribution in [0.1, 0.15) is 31.9 Å². The molecule has 0 saturated carbocycles. The smallest absolute Gasteiger partial charge is 0.151 e. The van der Waals surface area contributed by atoms with Crippen molar-refractivity contribution in [2.45, 2.75) is 32.6 Å². The van der Waals surface area contributed by atoms with Crippen molar-refractivity contribution in [2.75, 3.05) is 0 Å². The molecule has 1 rings (SSSR count). The monoisotopic (exact) mass is 184 g/mol. The zero-order chi connectivity index (χ0) is 8.81. The van der Waals surface area contributed by atoms with Gasteiger partial charge in [-0.05, 0) is 25.0 Å². The molecule has 0 aliphatic carbocycles. The SMILES string of the molecule is CCCCCc1ccc(Cl)nn1. The molecule has 0 saturated heterocycles. The lowest BCUT2D eigenvalue weighted by atomic mass is 10.1. The molecule has 0 aromatic carbocycles. The number of unbranched alkanes of at least 4 members (excludes halogenated alkanes) is 2. The lowest BCUT2D eigenvalue weighted by Gasteiger charge is -1.97. The van der Waals surface area contributed by atoms with E-state index in [1.807, 2.05) is 6.07 Å². The van der Waals surface area contributed by atoms with Crippen molar-refractivity contribution >= 4 is 11.6 Å². The van der Waals surface area contributed by atoms with Gasteiger partial charge in [0.2, 0.25) is 0 Å². The van der Waals surface area contributed by atoms with Crippen molar-refractivity contribution in [3.63, 3.8) is 0 Å². The predicted molar refractivity (Wildman–Crippen MR) is 50.3 cm³/mol. The maximum atomic E-state index is 5.60. The van der Waals surface area contributed by atoms with Gasteiger partial charge in [0.05, 0.1) is 5.69 Å². The first kappa shape index (κ1) is 9.46. The Balaban J connectivity index is 2.37. The van der Waals surface area contributed by atoms with Crippen LogP contribution in [0.25, 0.3) is 0 Å². The summed E-state index contributed by atoms with van der Waals surface area (Å²) >= 11 is 5.60. The van der Waals surface area contributed by atoms with E-state index < -0.39 is 0 Å².